The van der Waals surface area contributed by atoms with Crippen molar-refractivity contribution in [2.75, 3.05) is 92.2 Å². The molecule has 2 saturated heterocycles. The van der Waals surface area contributed by atoms with Crippen molar-refractivity contribution in [2.24, 2.45) is 0 Å². The number of piperidine rings is 2. The van der Waals surface area contributed by atoms with E-state index in [9.17, 15) is 28.3 Å². The third-order valence-corrected chi connectivity index (χ3v) is 13.3. The smallest absolute Gasteiger partial charge is 0.251 e. The van der Waals surface area contributed by atoms with Crippen LogP contribution in [0.15, 0.2) is 73.3 Å². The monoisotopic (exact) mass is 1070 g/mol. The zero-order valence-electron chi connectivity index (χ0n) is 43.2. The van der Waals surface area contributed by atoms with Crippen LogP contribution < -0.4 is 25.4 Å². The first-order chi connectivity index (χ1) is 35.8. The highest BCUT2D eigenvalue weighted by atomic mass is 35.5. The van der Waals surface area contributed by atoms with E-state index >= 15 is 0 Å². The van der Waals surface area contributed by atoms with Crippen molar-refractivity contribution < 1.29 is 37.7 Å². The van der Waals surface area contributed by atoms with Crippen molar-refractivity contribution in [3.63, 3.8) is 0 Å². The molecule has 0 spiro atoms. The third-order valence-electron chi connectivity index (χ3n) is 12.7. The van der Waals surface area contributed by atoms with E-state index in [2.05, 4.69) is 35.9 Å². The molecule has 400 valence electrons. The van der Waals surface area contributed by atoms with Gasteiger partial charge in [0.25, 0.3) is 5.91 Å². The van der Waals surface area contributed by atoms with Crippen LogP contribution >= 0.6 is 23.2 Å². The van der Waals surface area contributed by atoms with Crippen molar-refractivity contribution in [3.05, 3.63) is 106 Å². The van der Waals surface area contributed by atoms with Gasteiger partial charge in [-0.15, -0.1) is 0 Å². The van der Waals surface area contributed by atoms with E-state index in [-0.39, 0.29) is 64.4 Å². The maximum absolute atomic E-state index is 14.6. The number of hydrogen-bond acceptors (Lipinski definition) is 15. The number of rotatable bonds is 17. The van der Waals surface area contributed by atoms with Crippen LogP contribution in [0.2, 0.25) is 10.0 Å². The van der Waals surface area contributed by atoms with Crippen LogP contribution in [-0.4, -0.2) is 167 Å². The average molecular weight is 1070 g/mol. The number of ether oxygens (including phenoxy) is 2. The molecule has 4 N–H and O–H groups in total. The molecule has 0 radical (unpaired) electrons. The Kier molecular flexibility index (Phi) is 19.3. The number of halogens is 4. The number of aromatic nitrogens is 4. The minimum absolute atomic E-state index is 0.00638. The Bertz CT molecular complexity index is 2980. The Morgan fingerprint density at radius 2 is 1.12 bits per heavy atom. The second-order valence-corrected chi connectivity index (χ2v) is 20.0. The number of likely N-dealkylation sites (tertiary alicyclic amines) is 1. The molecule has 0 bridgehead atoms. The topological polar surface area (TPSA) is 194 Å². The summed E-state index contributed by atoms with van der Waals surface area (Å²) < 4.78 is 42.0. The van der Waals surface area contributed by atoms with Crippen LogP contribution in [0.5, 0.6) is 11.5 Å². The SMILES string of the molecule is CN(CC(=O)N(C)C)Cc1cc2c(Nc3cccc(Cl)c3F)ncnc2cc1OC1CCNCC1.C[C@H](O)C(=O)N1CCC(Oc2cc3ncnc(Nc4cccc(Cl)c4F)c3cc2CN(C)CC(=O)N(C)C)CC1. The van der Waals surface area contributed by atoms with Crippen LogP contribution in [0.1, 0.15) is 43.7 Å². The number of anilines is 4. The van der Waals surface area contributed by atoms with E-state index in [1.807, 2.05) is 48.2 Å². The minimum Gasteiger partial charge on any atom is -0.490 e. The third kappa shape index (κ3) is 14.9. The lowest BCUT2D eigenvalue weighted by atomic mass is 10.1. The number of amides is 3. The van der Waals surface area contributed by atoms with Crippen molar-refractivity contribution in [3.8, 4) is 11.5 Å². The molecule has 0 aliphatic carbocycles. The van der Waals surface area contributed by atoms with Gasteiger partial charge in [-0.25, -0.2) is 28.7 Å². The largest absolute Gasteiger partial charge is 0.490 e. The zero-order chi connectivity index (χ0) is 53.9. The molecule has 3 amide bonds. The highest BCUT2D eigenvalue weighted by molar-refractivity contribution is 6.31. The van der Waals surface area contributed by atoms with Gasteiger partial charge in [-0.3, -0.25) is 24.2 Å². The number of aliphatic hydroxyl groups is 1. The zero-order valence-corrected chi connectivity index (χ0v) is 44.7. The number of carbonyl (C=O) groups is 3. The maximum atomic E-state index is 14.6. The Hall–Kier alpha value is -6.55. The Labute approximate surface area is 445 Å². The van der Waals surface area contributed by atoms with E-state index in [0.29, 0.717) is 78.2 Å². The van der Waals surface area contributed by atoms with Crippen molar-refractivity contribution >= 4 is 85.7 Å². The van der Waals surface area contributed by atoms with Gasteiger partial charge in [0.05, 0.1) is 45.5 Å². The highest BCUT2D eigenvalue weighted by Crippen LogP contribution is 2.36. The first kappa shape index (κ1) is 56.2. The fourth-order valence-corrected chi connectivity index (χ4v) is 8.90. The lowest BCUT2D eigenvalue weighted by molar-refractivity contribution is -0.141. The molecule has 0 saturated carbocycles. The molecule has 1 atom stereocenters. The van der Waals surface area contributed by atoms with Crippen LogP contribution in [0.3, 0.4) is 0 Å². The number of carbonyl (C=O) groups excluding carboxylic acids is 3. The minimum atomic E-state index is -1.03. The van der Waals surface area contributed by atoms with E-state index in [0.717, 1.165) is 42.8 Å². The number of benzene rings is 4. The summed E-state index contributed by atoms with van der Waals surface area (Å²) in [5.41, 5.74) is 3.37. The second-order valence-electron chi connectivity index (χ2n) is 19.2. The van der Waals surface area contributed by atoms with E-state index in [1.165, 1.54) is 36.6 Å². The quantitative estimate of drug-likeness (QED) is 0.0713. The Balaban J connectivity index is 0.000000221. The van der Waals surface area contributed by atoms with Gasteiger partial charge in [0.15, 0.2) is 11.6 Å². The highest BCUT2D eigenvalue weighted by Gasteiger charge is 2.28. The number of likely N-dealkylation sites (N-methyl/N-ethyl adjacent to an activating group) is 4. The maximum Gasteiger partial charge on any atom is 0.251 e. The Morgan fingerprint density at radius 3 is 1.53 bits per heavy atom. The molecular weight excluding hydrogens is 1010 g/mol. The molecule has 22 heteroatoms. The number of nitrogens with one attached hydrogen (secondary N) is 3. The summed E-state index contributed by atoms with van der Waals surface area (Å²) in [4.78, 5) is 62.9. The van der Waals surface area contributed by atoms with Crippen LogP contribution in [-0.2, 0) is 27.5 Å². The summed E-state index contributed by atoms with van der Waals surface area (Å²) in [6.45, 7) is 5.59. The molecule has 2 fully saturated rings. The molecule has 6 aromatic rings. The predicted octanol–water partition coefficient (Wildman–Crippen LogP) is 7.25. The van der Waals surface area contributed by atoms with Crippen molar-refractivity contribution in [2.45, 2.75) is 64.0 Å². The molecule has 18 nitrogen and oxygen atoms in total. The average Bonchev–Trinajstić information content (AvgIpc) is 3.37. The molecule has 4 aromatic carbocycles. The van der Waals surface area contributed by atoms with Crippen molar-refractivity contribution in [1.82, 2.24) is 49.8 Å². The summed E-state index contributed by atoms with van der Waals surface area (Å²) in [5.74, 6) is 0.744. The first-order valence-electron chi connectivity index (χ1n) is 24.6. The molecule has 0 unspecified atom stereocenters. The van der Waals surface area contributed by atoms with Gasteiger partial charge in [0.1, 0.15) is 54.1 Å². The summed E-state index contributed by atoms with van der Waals surface area (Å²) in [7, 11) is 10.6. The van der Waals surface area contributed by atoms with E-state index in [1.54, 1.807) is 62.3 Å². The Morgan fingerprint density at radius 1 is 0.693 bits per heavy atom. The molecule has 8 rings (SSSR count). The van der Waals surface area contributed by atoms with Gasteiger partial charge in [-0.05, 0) is 83.3 Å². The summed E-state index contributed by atoms with van der Waals surface area (Å²) in [6, 6.07) is 17.0. The fourth-order valence-electron chi connectivity index (χ4n) is 8.55. The van der Waals surface area contributed by atoms with E-state index in [4.69, 9.17) is 32.7 Å². The molecule has 75 heavy (non-hydrogen) atoms. The fraction of sp³-hybridized carbons (Fsp3) is 0.415. The molecule has 2 aliphatic heterocycles. The van der Waals surface area contributed by atoms with Gasteiger partial charge in [0, 0.05) is 101 Å². The van der Waals surface area contributed by atoms with Gasteiger partial charge in [-0.2, -0.15) is 0 Å². The van der Waals surface area contributed by atoms with Gasteiger partial charge >= 0.3 is 0 Å². The number of hydrogen-bond donors (Lipinski definition) is 4. The lowest BCUT2D eigenvalue weighted by Crippen LogP contribution is -2.45. The molecule has 2 aliphatic rings. The van der Waals surface area contributed by atoms with Gasteiger partial charge in [-0.1, -0.05) is 35.3 Å². The summed E-state index contributed by atoms with van der Waals surface area (Å²) >= 11 is 11.9. The lowest BCUT2D eigenvalue weighted by Gasteiger charge is -2.33. The number of fused-ring (bicyclic) bond motifs is 2. The summed E-state index contributed by atoms with van der Waals surface area (Å²) in [6.07, 6.45) is 4.78. The van der Waals surface area contributed by atoms with Crippen LogP contribution in [0, 0.1) is 11.6 Å². The van der Waals surface area contributed by atoms with Gasteiger partial charge < -0.3 is 45.2 Å². The van der Waals surface area contributed by atoms with Crippen molar-refractivity contribution in [1.29, 1.82) is 0 Å². The van der Waals surface area contributed by atoms with Crippen LogP contribution in [0.4, 0.5) is 31.8 Å². The molecule has 2 aromatic heterocycles. The molecule has 4 heterocycles. The normalized spacial score (nSPS) is 14.6. The summed E-state index contributed by atoms with van der Waals surface area (Å²) in [5, 5.41) is 20.4. The molecular formula is C53H64Cl2F2N12O6. The van der Waals surface area contributed by atoms with E-state index < -0.39 is 17.7 Å². The first-order valence-corrected chi connectivity index (χ1v) is 25.4. The number of nitrogens with zero attached hydrogens (tertiary/aromatic N) is 9. The predicted molar refractivity (Wildman–Crippen MR) is 287 cm³/mol. The number of aliphatic hydroxyl groups excluding tert-OH is 1. The second kappa shape index (κ2) is 25.8. The van der Waals surface area contributed by atoms with Gasteiger partial charge in [0.2, 0.25) is 11.8 Å². The standard InChI is InChI=1S/C28H34ClFN6O4.C25H30ClFN6O2/c1-17(37)28(39)36-10-8-19(9-11-36)40-24-13-23-20(12-18(24)14-35(4)15-25(38)34(2)3)27(32-16-31-23)33-22-7-5-6-21(29)26(22)30;1-32(2)23(34)14-33(3)13-16-11-18-21(12-22(16)35-17-7-9-28-10-8-17)29-15-30-25(18)31-20-6-4-5-19(26)24(20)27/h5-7,12-13,16-17,19,37H,8-11,14-15H2,1-4H3,(H,31,32,33);4-6,11-12,15,17,28H,7-10,13-14H2,1-3H3,(H,29,30,31)/t17-;/m0./s1. The van der Waals surface area contributed by atoms with Crippen LogP contribution in [0.25, 0.3) is 21.8 Å².